The van der Waals surface area contributed by atoms with Gasteiger partial charge in [-0.15, -0.1) is 0 Å². The van der Waals surface area contributed by atoms with Crippen molar-refractivity contribution in [3.8, 4) is 0 Å². The molecule has 0 aliphatic heterocycles. The predicted molar refractivity (Wildman–Crippen MR) is 78.3 cm³/mol. The summed E-state index contributed by atoms with van der Waals surface area (Å²) < 4.78 is 2.30. The average molecular weight is 244 g/mol. The van der Waals surface area contributed by atoms with Crippen LogP contribution in [0.3, 0.4) is 0 Å². The highest BCUT2D eigenvalue weighted by Crippen LogP contribution is 2.33. The Morgan fingerprint density at radius 1 is 0.944 bits per heavy atom. The number of aromatic nitrogens is 2. The zero-order valence-corrected chi connectivity index (χ0v) is 12.4. The molecule has 0 unspecified atom stereocenters. The second-order valence-corrected chi connectivity index (χ2v) is 5.99. The molecule has 2 aromatic heterocycles. The first-order valence-corrected chi connectivity index (χ1v) is 6.92. The van der Waals surface area contributed by atoms with E-state index in [-0.39, 0.29) is 0 Å². The highest BCUT2D eigenvalue weighted by Gasteiger charge is 2.18. The summed E-state index contributed by atoms with van der Waals surface area (Å²) in [5.74, 6) is 1.07. The second kappa shape index (κ2) is 4.75. The number of rotatable bonds is 3. The number of pyridine rings is 1. The van der Waals surface area contributed by atoms with E-state index in [1.807, 2.05) is 6.20 Å². The SMILES string of the molecule is CC(C)c1ccnc2c1c(C(C)C)cn2C(C)C. The Hall–Kier alpha value is -1.31. The summed E-state index contributed by atoms with van der Waals surface area (Å²) in [6.07, 6.45) is 4.24. The van der Waals surface area contributed by atoms with Crippen LogP contribution in [0.15, 0.2) is 18.5 Å². The number of nitrogens with zero attached hydrogens (tertiary/aromatic N) is 2. The van der Waals surface area contributed by atoms with E-state index in [1.54, 1.807) is 0 Å². The molecular formula is C16H24N2. The van der Waals surface area contributed by atoms with Gasteiger partial charge in [0, 0.05) is 23.8 Å². The lowest BCUT2D eigenvalue weighted by atomic mass is 9.95. The van der Waals surface area contributed by atoms with Crippen molar-refractivity contribution >= 4 is 11.0 Å². The third-order valence-corrected chi connectivity index (χ3v) is 3.57. The zero-order valence-electron chi connectivity index (χ0n) is 12.4. The number of fused-ring (bicyclic) bond motifs is 1. The minimum Gasteiger partial charge on any atom is -0.330 e. The Bertz CT molecular complexity index is 547. The molecule has 0 amide bonds. The van der Waals surface area contributed by atoms with Crippen LogP contribution in [0.2, 0.25) is 0 Å². The van der Waals surface area contributed by atoms with Gasteiger partial charge in [0.1, 0.15) is 5.65 Å². The zero-order chi connectivity index (χ0) is 13.4. The molecule has 0 aliphatic rings. The molecule has 0 N–H and O–H groups in total. The third-order valence-electron chi connectivity index (χ3n) is 3.57. The fourth-order valence-corrected chi connectivity index (χ4v) is 2.54. The van der Waals surface area contributed by atoms with Crippen LogP contribution in [-0.2, 0) is 0 Å². The van der Waals surface area contributed by atoms with Gasteiger partial charge in [-0.05, 0) is 42.9 Å². The molecule has 98 valence electrons. The van der Waals surface area contributed by atoms with E-state index in [4.69, 9.17) is 0 Å². The lowest BCUT2D eigenvalue weighted by molar-refractivity contribution is 0.614. The fourth-order valence-electron chi connectivity index (χ4n) is 2.54. The van der Waals surface area contributed by atoms with Gasteiger partial charge in [-0.2, -0.15) is 0 Å². The van der Waals surface area contributed by atoms with Crippen LogP contribution >= 0.6 is 0 Å². The Kier molecular flexibility index (Phi) is 3.47. The van der Waals surface area contributed by atoms with Gasteiger partial charge in [-0.3, -0.25) is 0 Å². The maximum Gasteiger partial charge on any atom is 0.140 e. The van der Waals surface area contributed by atoms with Crippen molar-refractivity contribution in [2.45, 2.75) is 59.4 Å². The third kappa shape index (κ3) is 2.05. The smallest absolute Gasteiger partial charge is 0.140 e. The van der Waals surface area contributed by atoms with Gasteiger partial charge < -0.3 is 4.57 Å². The summed E-state index contributed by atoms with van der Waals surface area (Å²) in [6.45, 7) is 13.5. The second-order valence-electron chi connectivity index (χ2n) is 5.99. The largest absolute Gasteiger partial charge is 0.330 e. The van der Waals surface area contributed by atoms with E-state index in [0.717, 1.165) is 5.65 Å². The van der Waals surface area contributed by atoms with Crippen molar-refractivity contribution in [3.63, 3.8) is 0 Å². The topological polar surface area (TPSA) is 17.8 Å². The Labute approximate surface area is 110 Å². The molecule has 0 aliphatic carbocycles. The summed E-state index contributed by atoms with van der Waals surface area (Å²) in [5, 5.41) is 1.37. The van der Waals surface area contributed by atoms with E-state index >= 15 is 0 Å². The molecule has 2 nitrogen and oxygen atoms in total. The normalized spacial score (nSPS) is 12.3. The monoisotopic (exact) mass is 244 g/mol. The van der Waals surface area contributed by atoms with Crippen molar-refractivity contribution in [2.24, 2.45) is 0 Å². The van der Waals surface area contributed by atoms with Crippen molar-refractivity contribution in [1.29, 1.82) is 0 Å². The van der Waals surface area contributed by atoms with Crippen LogP contribution in [0, 0.1) is 0 Å². The highest BCUT2D eigenvalue weighted by atomic mass is 15.0. The average Bonchev–Trinajstić information content (AvgIpc) is 2.67. The van der Waals surface area contributed by atoms with Crippen LogP contribution in [0.25, 0.3) is 11.0 Å². The first-order chi connectivity index (χ1) is 8.43. The Balaban J connectivity index is 2.83. The summed E-state index contributed by atoms with van der Waals surface area (Å²) in [7, 11) is 0. The number of hydrogen-bond donors (Lipinski definition) is 0. The van der Waals surface area contributed by atoms with Crippen LogP contribution < -0.4 is 0 Å². The fraction of sp³-hybridized carbons (Fsp3) is 0.562. The lowest BCUT2D eigenvalue weighted by Gasteiger charge is -2.11. The Morgan fingerprint density at radius 2 is 1.56 bits per heavy atom. The van der Waals surface area contributed by atoms with E-state index in [0.29, 0.717) is 17.9 Å². The standard InChI is InChI=1S/C16H24N2/c1-10(2)13-7-8-17-16-15(13)14(11(3)4)9-18(16)12(5)6/h7-12H,1-6H3. The molecule has 0 bridgehead atoms. The molecular weight excluding hydrogens is 220 g/mol. The van der Waals surface area contributed by atoms with Crippen LogP contribution in [-0.4, -0.2) is 9.55 Å². The molecule has 2 heterocycles. The van der Waals surface area contributed by atoms with Gasteiger partial charge in [0.15, 0.2) is 0 Å². The molecule has 0 saturated carbocycles. The molecule has 2 heteroatoms. The first kappa shape index (κ1) is 13.1. The molecule has 0 radical (unpaired) electrons. The first-order valence-electron chi connectivity index (χ1n) is 6.92. The number of hydrogen-bond acceptors (Lipinski definition) is 1. The van der Waals surface area contributed by atoms with Gasteiger partial charge in [0.05, 0.1) is 0 Å². The van der Waals surface area contributed by atoms with Gasteiger partial charge in [0.25, 0.3) is 0 Å². The van der Waals surface area contributed by atoms with Gasteiger partial charge >= 0.3 is 0 Å². The van der Waals surface area contributed by atoms with E-state index in [9.17, 15) is 0 Å². The molecule has 0 saturated heterocycles. The van der Waals surface area contributed by atoms with Gasteiger partial charge in [0.2, 0.25) is 0 Å². The molecule has 18 heavy (non-hydrogen) atoms. The minimum absolute atomic E-state index is 0.454. The molecule has 0 fully saturated rings. The van der Waals surface area contributed by atoms with Crippen LogP contribution in [0.5, 0.6) is 0 Å². The quantitative estimate of drug-likeness (QED) is 0.753. The minimum atomic E-state index is 0.454. The summed E-state index contributed by atoms with van der Waals surface area (Å²) in [4.78, 5) is 4.61. The summed E-state index contributed by atoms with van der Waals surface area (Å²) >= 11 is 0. The van der Waals surface area contributed by atoms with E-state index < -0.39 is 0 Å². The Morgan fingerprint density at radius 3 is 2.06 bits per heavy atom. The lowest BCUT2D eigenvalue weighted by Crippen LogP contribution is -2.00. The predicted octanol–water partition coefficient (Wildman–Crippen LogP) is 4.86. The molecule has 0 spiro atoms. The van der Waals surface area contributed by atoms with Crippen LogP contribution in [0.4, 0.5) is 0 Å². The maximum absolute atomic E-state index is 4.61. The molecule has 2 rings (SSSR count). The van der Waals surface area contributed by atoms with Crippen molar-refractivity contribution in [2.75, 3.05) is 0 Å². The van der Waals surface area contributed by atoms with Crippen molar-refractivity contribution in [3.05, 3.63) is 29.6 Å². The summed E-state index contributed by atoms with van der Waals surface area (Å²) in [6, 6.07) is 2.62. The summed E-state index contributed by atoms with van der Waals surface area (Å²) in [5.41, 5.74) is 3.98. The molecule has 0 aromatic carbocycles. The van der Waals surface area contributed by atoms with Gasteiger partial charge in [-0.25, -0.2) is 4.98 Å². The maximum atomic E-state index is 4.61. The molecule has 0 atom stereocenters. The highest BCUT2D eigenvalue weighted by molar-refractivity contribution is 5.85. The molecule has 2 aromatic rings. The van der Waals surface area contributed by atoms with Crippen molar-refractivity contribution in [1.82, 2.24) is 9.55 Å². The van der Waals surface area contributed by atoms with Gasteiger partial charge in [-0.1, -0.05) is 27.7 Å². The van der Waals surface area contributed by atoms with Crippen molar-refractivity contribution < 1.29 is 0 Å². The van der Waals surface area contributed by atoms with E-state index in [2.05, 4.69) is 63.4 Å². The van der Waals surface area contributed by atoms with Crippen LogP contribution in [0.1, 0.15) is 70.5 Å². The van der Waals surface area contributed by atoms with E-state index in [1.165, 1.54) is 16.5 Å².